The number of carbonyl (C=O) groups excluding carboxylic acids is 4. The van der Waals surface area contributed by atoms with E-state index in [1.54, 1.807) is 18.2 Å². The van der Waals surface area contributed by atoms with E-state index < -0.39 is 29.7 Å². The standard InChI is InChI=1S/C32H35N3O6/c36-18-17-35(21-23-9-3-1-4-10-23)29(37)20-26-13-5-2-6-14-30(38)41-22-28(34-31(26)39)32(40)33-27-16-15-24-11-7-8-12-25(24)19-27/h1-5,7-12,15-16,19,26,28,36H,6,13-14,17-18,20-22H2,(H,33,40)(H,34,39)/t26-,28+/m1/s1. The van der Waals surface area contributed by atoms with Gasteiger partial charge in [-0.25, -0.2) is 0 Å². The minimum absolute atomic E-state index is 0.109. The van der Waals surface area contributed by atoms with Gasteiger partial charge in [-0.2, -0.15) is 0 Å². The van der Waals surface area contributed by atoms with Crippen molar-refractivity contribution >= 4 is 40.2 Å². The lowest BCUT2D eigenvalue weighted by molar-refractivity contribution is -0.146. The molecule has 0 fully saturated rings. The van der Waals surface area contributed by atoms with E-state index in [1.165, 1.54) is 4.90 Å². The predicted molar refractivity (Wildman–Crippen MR) is 156 cm³/mol. The van der Waals surface area contributed by atoms with Gasteiger partial charge in [0.1, 0.15) is 12.6 Å². The molecule has 214 valence electrons. The lowest BCUT2D eigenvalue weighted by atomic mass is 9.97. The minimum atomic E-state index is -1.16. The van der Waals surface area contributed by atoms with E-state index >= 15 is 0 Å². The quantitative estimate of drug-likeness (QED) is 0.287. The van der Waals surface area contributed by atoms with Gasteiger partial charge < -0.3 is 25.4 Å². The first kappa shape index (κ1) is 29.5. The van der Waals surface area contributed by atoms with E-state index in [9.17, 15) is 24.3 Å². The number of fused-ring (bicyclic) bond motifs is 1. The molecule has 9 heteroatoms. The number of carbonyl (C=O) groups is 4. The molecule has 41 heavy (non-hydrogen) atoms. The van der Waals surface area contributed by atoms with E-state index in [1.807, 2.05) is 66.7 Å². The Balaban J connectivity index is 1.49. The van der Waals surface area contributed by atoms with E-state index in [4.69, 9.17) is 4.74 Å². The van der Waals surface area contributed by atoms with Crippen LogP contribution in [0.15, 0.2) is 84.9 Å². The van der Waals surface area contributed by atoms with Crippen molar-refractivity contribution in [1.29, 1.82) is 0 Å². The Bertz CT molecular complexity index is 1390. The summed E-state index contributed by atoms with van der Waals surface area (Å²) in [5.41, 5.74) is 1.44. The maximum absolute atomic E-state index is 13.4. The number of nitrogens with one attached hydrogen (secondary N) is 2. The van der Waals surface area contributed by atoms with Crippen molar-refractivity contribution in [3.63, 3.8) is 0 Å². The third-order valence-corrected chi connectivity index (χ3v) is 6.89. The molecule has 0 unspecified atom stereocenters. The smallest absolute Gasteiger partial charge is 0.306 e. The molecule has 0 aromatic heterocycles. The maximum atomic E-state index is 13.4. The molecule has 3 amide bonds. The molecule has 4 rings (SSSR count). The summed E-state index contributed by atoms with van der Waals surface area (Å²) < 4.78 is 5.31. The number of ether oxygens (including phenoxy) is 1. The molecule has 1 aliphatic rings. The third kappa shape index (κ3) is 8.74. The van der Waals surface area contributed by atoms with E-state index in [2.05, 4.69) is 10.6 Å². The molecule has 3 N–H and O–H groups in total. The fourth-order valence-electron chi connectivity index (χ4n) is 4.64. The van der Waals surface area contributed by atoms with Gasteiger partial charge in [-0.15, -0.1) is 0 Å². The Hall–Kier alpha value is -4.50. The van der Waals surface area contributed by atoms with Crippen molar-refractivity contribution < 1.29 is 29.0 Å². The normalized spacial score (nSPS) is 18.0. The average molecular weight is 558 g/mol. The van der Waals surface area contributed by atoms with Gasteiger partial charge in [-0.1, -0.05) is 72.8 Å². The number of cyclic esters (lactones) is 1. The highest BCUT2D eigenvalue weighted by Crippen LogP contribution is 2.20. The van der Waals surface area contributed by atoms with Crippen molar-refractivity contribution in [1.82, 2.24) is 10.2 Å². The number of allylic oxidation sites excluding steroid dienone is 2. The average Bonchev–Trinajstić information content (AvgIpc) is 2.97. The van der Waals surface area contributed by atoms with Gasteiger partial charge in [0.2, 0.25) is 11.8 Å². The molecule has 3 aromatic carbocycles. The van der Waals surface area contributed by atoms with Crippen LogP contribution in [0.2, 0.25) is 0 Å². The summed E-state index contributed by atoms with van der Waals surface area (Å²) in [6, 6.07) is 21.4. The molecule has 0 saturated carbocycles. The van der Waals surface area contributed by atoms with Crippen LogP contribution < -0.4 is 10.6 Å². The van der Waals surface area contributed by atoms with Crippen LogP contribution in [-0.4, -0.2) is 59.5 Å². The molecular weight excluding hydrogens is 522 g/mol. The highest BCUT2D eigenvalue weighted by molar-refractivity contribution is 5.99. The summed E-state index contributed by atoms with van der Waals surface area (Å²) in [4.78, 5) is 53.7. The van der Waals surface area contributed by atoms with Crippen LogP contribution in [0, 0.1) is 5.92 Å². The molecule has 1 heterocycles. The Morgan fingerprint density at radius 1 is 0.976 bits per heavy atom. The predicted octanol–water partition coefficient (Wildman–Crippen LogP) is 3.57. The van der Waals surface area contributed by atoms with Gasteiger partial charge in [-0.3, -0.25) is 19.2 Å². The van der Waals surface area contributed by atoms with Gasteiger partial charge in [-0.05, 0) is 41.3 Å². The summed E-state index contributed by atoms with van der Waals surface area (Å²) in [6.07, 6.45) is 4.25. The number of anilines is 1. The highest BCUT2D eigenvalue weighted by atomic mass is 16.5. The van der Waals surface area contributed by atoms with E-state index in [0.29, 0.717) is 18.7 Å². The molecule has 9 nitrogen and oxygen atoms in total. The Kier molecular flexibility index (Phi) is 10.6. The molecular formula is C32H35N3O6. The van der Waals surface area contributed by atoms with E-state index in [-0.39, 0.29) is 44.9 Å². The fraction of sp³-hybridized carbons (Fsp3) is 0.312. The number of aliphatic hydroxyl groups excluding tert-OH is 1. The van der Waals surface area contributed by atoms with Crippen LogP contribution in [0.3, 0.4) is 0 Å². The summed E-state index contributed by atoms with van der Waals surface area (Å²) in [6.45, 7) is -0.113. The second kappa shape index (κ2) is 14.8. The first-order valence-corrected chi connectivity index (χ1v) is 13.8. The maximum Gasteiger partial charge on any atom is 0.306 e. The van der Waals surface area contributed by atoms with Crippen molar-refractivity contribution in [3.05, 3.63) is 90.5 Å². The SMILES string of the molecule is O=C1CCC=CC[C@H](CC(=O)N(CCO)Cc2ccccc2)C(=O)N[C@H](C(=O)Nc2ccc3ccccc3c2)CO1. The molecule has 0 bridgehead atoms. The zero-order valence-electron chi connectivity index (χ0n) is 22.8. The Morgan fingerprint density at radius 3 is 2.51 bits per heavy atom. The van der Waals surface area contributed by atoms with Gasteiger partial charge in [0.15, 0.2) is 0 Å². The first-order valence-electron chi connectivity index (χ1n) is 13.8. The second-order valence-corrected chi connectivity index (χ2v) is 9.97. The first-order chi connectivity index (χ1) is 19.9. The van der Waals surface area contributed by atoms with E-state index in [0.717, 1.165) is 16.3 Å². The van der Waals surface area contributed by atoms with Crippen LogP contribution in [0.25, 0.3) is 10.8 Å². The Labute approximate surface area is 239 Å². The number of amides is 3. The van der Waals surface area contributed by atoms with Crippen molar-refractivity contribution in [2.75, 3.05) is 25.1 Å². The topological polar surface area (TPSA) is 125 Å². The number of aliphatic hydroxyl groups is 1. The number of nitrogens with zero attached hydrogens (tertiary/aromatic N) is 1. The molecule has 0 radical (unpaired) electrons. The van der Waals surface area contributed by atoms with Gasteiger partial charge in [0, 0.05) is 31.6 Å². The van der Waals surface area contributed by atoms with Crippen LogP contribution >= 0.6 is 0 Å². The molecule has 3 aromatic rings. The zero-order valence-corrected chi connectivity index (χ0v) is 22.8. The number of hydrogen-bond donors (Lipinski definition) is 3. The fourth-order valence-corrected chi connectivity index (χ4v) is 4.64. The molecule has 1 aliphatic heterocycles. The van der Waals surface area contributed by atoms with Crippen molar-refractivity contribution in [2.24, 2.45) is 5.92 Å². The van der Waals surface area contributed by atoms with Crippen molar-refractivity contribution in [2.45, 2.75) is 38.3 Å². The zero-order chi connectivity index (χ0) is 29.0. The third-order valence-electron chi connectivity index (χ3n) is 6.89. The van der Waals surface area contributed by atoms with Crippen LogP contribution in [0.1, 0.15) is 31.2 Å². The molecule has 0 spiro atoms. The number of rotatable bonds is 8. The van der Waals surface area contributed by atoms with Gasteiger partial charge in [0.25, 0.3) is 5.91 Å². The summed E-state index contributed by atoms with van der Waals surface area (Å²) in [7, 11) is 0. The van der Waals surface area contributed by atoms with Crippen LogP contribution in [0.4, 0.5) is 5.69 Å². The Morgan fingerprint density at radius 2 is 1.73 bits per heavy atom. The number of benzene rings is 3. The lowest BCUT2D eigenvalue weighted by Gasteiger charge is -2.26. The monoisotopic (exact) mass is 557 g/mol. The van der Waals surface area contributed by atoms with Gasteiger partial charge in [0.05, 0.1) is 12.5 Å². The summed E-state index contributed by atoms with van der Waals surface area (Å²) >= 11 is 0. The molecule has 0 saturated heterocycles. The van der Waals surface area contributed by atoms with Crippen LogP contribution in [0.5, 0.6) is 0 Å². The van der Waals surface area contributed by atoms with Crippen LogP contribution in [-0.2, 0) is 30.5 Å². The second-order valence-electron chi connectivity index (χ2n) is 9.97. The lowest BCUT2D eigenvalue weighted by Crippen LogP contribution is -2.49. The highest BCUT2D eigenvalue weighted by Gasteiger charge is 2.29. The molecule has 2 atom stereocenters. The number of hydrogen-bond acceptors (Lipinski definition) is 6. The van der Waals surface area contributed by atoms with Gasteiger partial charge >= 0.3 is 5.97 Å². The minimum Gasteiger partial charge on any atom is -0.463 e. The molecule has 0 aliphatic carbocycles. The largest absolute Gasteiger partial charge is 0.463 e. The summed E-state index contributed by atoms with van der Waals surface area (Å²) in [5, 5.41) is 17.0. The summed E-state index contributed by atoms with van der Waals surface area (Å²) in [5.74, 6) is -2.55. The number of esters is 1. The van der Waals surface area contributed by atoms with Crippen molar-refractivity contribution in [3.8, 4) is 0 Å².